The van der Waals surface area contributed by atoms with E-state index in [4.69, 9.17) is 4.42 Å². The summed E-state index contributed by atoms with van der Waals surface area (Å²) in [5.41, 5.74) is 3.19. The van der Waals surface area contributed by atoms with Gasteiger partial charge in [0, 0.05) is 5.39 Å². The van der Waals surface area contributed by atoms with Crippen molar-refractivity contribution in [2.45, 2.75) is 20.0 Å². The fraction of sp³-hybridized carbons (Fsp3) is 0.176. The molecule has 0 bridgehead atoms. The first-order chi connectivity index (χ1) is 9.56. The molecule has 0 radical (unpaired) electrons. The summed E-state index contributed by atoms with van der Waals surface area (Å²) in [5, 5.41) is 11.0. The number of halogens is 1. The van der Waals surface area contributed by atoms with Crippen LogP contribution in [0.2, 0.25) is 0 Å². The van der Waals surface area contributed by atoms with Gasteiger partial charge in [0.2, 0.25) is 0 Å². The summed E-state index contributed by atoms with van der Waals surface area (Å²) in [6.45, 7) is 4.01. The summed E-state index contributed by atoms with van der Waals surface area (Å²) < 4.78 is 19.1. The maximum Gasteiger partial charge on any atom is 0.170 e. The highest BCUT2D eigenvalue weighted by Gasteiger charge is 2.17. The predicted octanol–water partition coefficient (Wildman–Crippen LogP) is 4.27. The molecule has 1 atom stereocenters. The van der Waals surface area contributed by atoms with Crippen molar-refractivity contribution in [3.05, 3.63) is 70.7 Å². The number of aliphatic hydroxyl groups excluding tert-OH is 1. The van der Waals surface area contributed by atoms with Crippen LogP contribution in [0, 0.1) is 19.7 Å². The molecule has 0 aliphatic heterocycles. The van der Waals surface area contributed by atoms with Crippen LogP contribution in [0.4, 0.5) is 4.39 Å². The SMILES string of the molecule is Cc1ccc(C(O)c2cc3cccc(F)c3o2)cc1C. The topological polar surface area (TPSA) is 33.4 Å². The molecule has 1 aromatic heterocycles. The Bertz CT molecular complexity index is 774. The molecule has 0 spiro atoms. The van der Waals surface area contributed by atoms with Gasteiger partial charge in [-0.2, -0.15) is 0 Å². The Morgan fingerprint density at radius 2 is 1.85 bits per heavy atom. The molecule has 1 unspecified atom stereocenters. The zero-order valence-corrected chi connectivity index (χ0v) is 11.4. The molecule has 0 saturated heterocycles. The van der Waals surface area contributed by atoms with Crippen LogP contribution in [-0.4, -0.2) is 5.11 Å². The Morgan fingerprint density at radius 1 is 1.05 bits per heavy atom. The molecular weight excluding hydrogens is 255 g/mol. The first-order valence-electron chi connectivity index (χ1n) is 6.49. The Morgan fingerprint density at radius 3 is 2.55 bits per heavy atom. The van der Waals surface area contributed by atoms with E-state index in [0.717, 1.165) is 16.7 Å². The first-order valence-corrected chi connectivity index (χ1v) is 6.49. The van der Waals surface area contributed by atoms with Crippen molar-refractivity contribution >= 4 is 11.0 Å². The van der Waals surface area contributed by atoms with Crippen LogP contribution in [-0.2, 0) is 0 Å². The molecule has 3 rings (SSSR count). The molecule has 2 nitrogen and oxygen atoms in total. The molecule has 102 valence electrons. The van der Waals surface area contributed by atoms with Crippen molar-refractivity contribution in [3.63, 3.8) is 0 Å². The minimum absolute atomic E-state index is 0.186. The Labute approximate surface area is 116 Å². The van der Waals surface area contributed by atoms with Gasteiger partial charge in [-0.15, -0.1) is 0 Å². The highest BCUT2D eigenvalue weighted by Crippen LogP contribution is 2.30. The Balaban J connectivity index is 2.05. The molecule has 0 fully saturated rings. The Hall–Kier alpha value is -2.13. The number of para-hydroxylation sites is 1. The summed E-state index contributed by atoms with van der Waals surface area (Å²) >= 11 is 0. The van der Waals surface area contributed by atoms with Crippen LogP contribution in [0.1, 0.15) is 28.6 Å². The van der Waals surface area contributed by atoms with Gasteiger partial charge in [0.25, 0.3) is 0 Å². The second-order valence-corrected chi connectivity index (χ2v) is 5.05. The largest absolute Gasteiger partial charge is 0.455 e. The predicted molar refractivity (Wildman–Crippen MR) is 76.1 cm³/mol. The molecular formula is C17H15FO2. The molecule has 2 aromatic carbocycles. The number of rotatable bonds is 2. The van der Waals surface area contributed by atoms with Gasteiger partial charge in [-0.05, 0) is 42.7 Å². The van der Waals surface area contributed by atoms with E-state index in [-0.39, 0.29) is 5.58 Å². The van der Waals surface area contributed by atoms with E-state index in [1.165, 1.54) is 6.07 Å². The number of aryl methyl sites for hydroxylation is 2. The van der Waals surface area contributed by atoms with Gasteiger partial charge in [0.05, 0.1) is 0 Å². The number of aliphatic hydroxyl groups is 1. The Kier molecular flexibility index (Phi) is 3.07. The highest BCUT2D eigenvalue weighted by molar-refractivity contribution is 5.78. The van der Waals surface area contributed by atoms with Gasteiger partial charge < -0.3 is 9.52 Å². The average Bonchev–Trinajstić information content (AvgIpc) is 2.86. The number of benzene rings is 2. The number of fused-ring (bicyclic) bond motifs is 1. The van der Waals surface area contributed by atoms with Crippen molar-refractivity contribution < 1.29 is 13.9 Å². The van der Waals surface area contributed by atoms with Crippen LogP contribution in [0.15, 0.2) is 46.9 Å². The minimum Gasteiger partial charge on any atom is -0.455 e. The van der Waals surface area contributed by atoms with Crippen LogP contribution in [0.25, 0.3) is 11.0 Å². The van der Waals surface area contributed by atoms with Gasteiger partial charge in [0.15, 0.2) is 11.4 Å². The van der Waals surface area contributed by atoms with Gasteiger partial charge in [-0.3, -0.25) is 0 Å². The maximum atomic E-state index is 13.6. The number of hydrogen-bond donors (Lipinski definition) is 1. The summed E-state index contributed by atoms with van der Waals surface area (Å²) in [6.07, 6.45) is -0.888. The van der Waals surface area contributed by atoms with Crippen LogP contribution < -0.4 is 0 Å². The van der Waals surface area contributed by atoms with Crippen molar-refractivity contribution in [1.82, 2.24) is 0 Å². The molecule has 0 amide bonds. The molecule has 0 saturated carbocycles. The highest BCUT2D eigenvalue weighted by atomic mass is 19.1. The summed E-state index contributed by atoms with van der Waals surface area (Å²) in [5.74, 6) is -0.0608. The lowest BCUT2D eigenvalue weighted by atomic mass is 10.0. The van der Waals surface area contributed by atoms with E-state index in [1.54, 1.807) is 18.2 Å². The summed E-state index contributed by atoms with van der Waals surface area (Å²) in [7, 11) is 0. The average molecular weight is 270 g/mol. The fourth-order valence-electron chi connectivity index (χ4n) is 2.28. The van der Waals surface area contributed by atoms with E-state index in [2.05, 4.69) is 0 Å². The van der Waals surface area contributed by atoms with Gasteiger partial charge in [0.1, 0.15) is 11.9 Å². The zero-order chi connectivity index (χ0) is 14.3. The second-order valence-electron chi connectivity index (χ2n) is 5.05. The van der Waals surface area contributed by atoms with E-state index in [9.17, 15) is 9.50 Å². The van der Waals surface area contributed by atoms with Gasteiger partial charge in [-0.25, -0.2) is 4.39 Å². The standard InChI is InChI=1S/C17H15FO2/c1-10-6-7-12(8-11(10)2)16(19)15-9-13-4-3-5-14(18)17(13)20-15/h3-9,16,19H,1-2H3. The normalized spacial score (nSPS) is 12.8. The molecule has 0 aliphatic rings. The quantitative estimate of drug-likeness (QED) is 0.754. The monoisotopic (exact) mass is 270 g/mol. The second kappa shape index (κ2) is 4.76. The lowest BCUT2D eigenvalue weighted by molar-refractivity contribution is 0.192. The van der Waals surface area contributed by atoms with Crippen LogP contribution in [0.5, 0.6) is 0 Å². The smallest absolute Gasteiger partial charge is 0.170 e. The molecule has 3 heteroatoms. The lowest BCUT2D eigenvalue weighted by Gasteiger charge is -2.10. The third kappa shape index (κ3) is 2.10. The molecule has 1 heterocycles. The molecule has 3 aromatic rings. The van der Waals surface area contributed by atoms with Gasteiger partial charge >= 0.3 is 0 Å². The van der Waals surface area contributed by atoms with Crippen molar-refractivity contribution in [2.75, 3.05) is 0 Å². The van der Waals surface area contributed by atoms with Crippen molar-refractivity contribution in [2.24, 2.45) is 0 Å². The van der Waals surface area contributed by atoms with E-state index >= 15 is 0 Å². The number of hydrogen-bond acceptors (Lipinski definition) is 2. The zero-order valence-electron chi connectivity index (χ0n) is 11.4. The third-order valence-electron chi connectivity index (χ3n) is 3.63. The summed E-state index contributed by atoms with van der Waals surface area (Å²) in [4.78, 5) is 0. The van der Waals surface area contributed by atoms with E-state index in [1.807, 2.05) is 32.0 Å². The number of furan rings is 1. The third-order valence-corrected chi connectivity index (χ3v) is 3.63. The molecule has 0 aliphatic carbocycles. The fourth-order valence-corrected chi connectivity index (χ4v) is 2.28. The van der Waals surface area contributed by atoms with Crippen molar-refractivity contribution in [3.8, 4) is 0 Å². The molecule has 1 N–H and O–H groups in total. The first kappa shape index (κ1) is 12.9. The van der Waals surface area contributed by atoms with Crippen LogP contribution >= 0.6 is 0 Å². The minimum atomic E-state index is -0.888. The maximum absolute atomic E-state index is 13.6. The van der Waals surface area contributed by atoms with Crippen LogP contribution in [0.3, 0.4) is 0 Å². The van der Waals surface area contributed by atoms with E-state index < -0.39 is 11.9 Å². The summed E-state index contributed by atoms with van der Waals surface area (Å²) in [6, 6.07) is 12.1. The lowest BCUT2D eigenvalue weighted by Crippen LogP contribution is -1.98. The van der Waals surface area contributed by atoms with Gasteiger partial charge in [-0.1, -0.05) is 30.3 Å². The molecule has 20 heavy (non-hydrogen) atoms. The van der Waals surface area contributed by atoms with E-state index in [0.29, 0.717) is 11.1 Å². The van der Waals surface area contributed by atoms with Crippen molar-refractivity contribution in [1.29, 1.82) is 0 Å².